The van der Waals surface area contributed by atoms with Gasteiger partial charge in [-0.1, -0.05) is 32.9 Å². The summed E-state index contributed by atoms with van der Waals surface area (Å²) in [5.41, 5.74) is 0.857. The summed E-state index contributed by atoms with van der Waals surface area (Å²) in [6, 6.07) is 6.69. The first-order valence-corrected chi connectivity index (χ1v) is 9.40. The first-order valence-electron chi connectivity index (χ1n) is 7.34. The van der Waals surface area contributed by atoms with E-state index in [4.69, 9.17) is 0 Å². The Hall–Kier alpha value is -0.940. The maximum atomic E-state index is 13.1. The lowest BCUT2D eigenvalue weighted by molar-refractivity contribution is 0.325. The van der Waals surface area contributed by atoms with Gasteiger partial charge in [-0.15, -0.1) is 0 Å². The largest absolute Gasteiger partial charge is 0.313 e. The molecule has 0 aliphatic carbocycles. The zero-order chi connectivity index (χ0) is 16.1. The number of nitrogens with one attached hydrogen (secondary N) is 1. The molecule has 120 valence electrons. The Labute approximate surface area is 127 Å². The zero-order valence-electron chi connectivity index (χ0n) is 13.3. The first-order chi connectivity index (χ1) is 9.66. The number of benzene rings is 1. The summed E-state index contributed by atoms with van der Waals surface area (Å²) in [5.74, 6) is -0.0411. The number of rotatable bonds is 8. The minimum Gasteiger partial charge on any atom is -0.313 e. The Bertz CT molecular complexity index is 538. The van der Waals surface area contributed by atoms with Crippen molar-refractivity contribution in [2.75, 3.05) is 18.6 Å². The Balaban J connectivity index is 2.84. The molecule has 0 spiro atoms. The fourth-order valence-electron chi connectivity index (χ4n) is 2.59. The van der Waals surface area contributed by atoms with Crippen molar-refractivity contribution in [3.63, 3.8) is 0 Å². The molecule has 1 aromatic carbocycles. The van der Waals surface area contributed by atoms with Gasteiger partial charge in [-0.05, 0) is 37.1 Å². The van der Waals surface area contributed by atoms with Crippen molar-refractivity contribution in [2.45, 2.75) is 45.1 Å². The van der Waals surface area contributed by atoms with Gasteiger partial charge in [-0.2, -0.15) is 0 Å². The lowest BCUT2D eigenvalue weighted by Crippen LogP contribution is -2.45. The van der Waals surface area contributed by atoms with Crippen LogP contribution in [0.3, 0.4) is 0 Å². The van der Waals surface area contributed by atoms with Crippen LogP contribution >= 0.6 is 0 Å². The summed E-state index contributed by atoms with van der Waals surface area (Å²) < 4.78 is 35.6. The Morgan fingerprint density at radius 1 is 1.24 bits per heavy atom. The average molecular weight is 315 g/mol. The van der Waals surface area contributed by atoms with Crippen LogP contribution < -0.4 is 5.32 Å². The van der Waals surface area contributed by atoms with Gasteiger partial charge in [0.05, 0.1) is 0 Å². The molecule has 0 radical (unpaired) electrons. The Morgan fingerprint density at radius 2 is 1.81 bits per heavy atom. The molecule has 0 amide bonds. The van der Waals surface area contributed by atoms with Crippen LogP contribution in [0.4, 0.5) is 4.39 Å². The van der Waals surface area contributed by atoms with Crippen molar-refractivity contribution in [1.29, 1.82) is 0 Å². The van der Waals surface area contributed by atoms with Gasteiger partial charge in [-0.3, -0.25) is 0 Å². The molecule has 0 fully saturated rings. The van der Waals surface area contributed by atoms with Gasteiger partial charge in [0.25, 0.3) is 0 Å². The predicted molar refractivity (Wildman–Crippen MR) is 85.8 cm³/mol. The molecule has 1 atom stereocenters. The van der Waals surface area contributed by atoms with Crippen LogP contribution in [0.1, 0.15) is 39.2 Å². The highest BCUT2D eigenvalue weighted by molar-refractivity contribution is 7.90. The van der Waals surface area contributed by atoms with Crippen molar-refractivity contribution >= 4 is 9.84 Å². The normalized spacial score (nSPS) is 14.1. The van der Waals surface area contributed by atoms with Gasteiger partial charge in [0.15, 0.2) is 0 Å². The maximum Gasteiger partial charge on any atom is 0.147 e. The number of hydrogen-bond acceptors (Lipinski definition) is 3. The molecule has 0 aliphatic heterocycles. The SMILES string of the molecule is CCNC(CCCS(C)(=O)=O)C(C)(C)c1ccc(F)cc1. The molecule has 0 saturated heterocycles. The smallest absolute Gasteiger partial charge is 0.147 e. The van der Waals surface area contributed by atoms with Crippen LogP contribution in [-0.2, 0) is 15.3 Å². The molecule has 21 heavy (non-hydrogen) atoms. The van der Waals surface area contributed by atoms with Crippen LogP contribution in [0.2, 0.25) is 0 Å². The molecule has 5 heteroatoms. The number of sulfone groups is 1. The summed E-state index contributed by atoms with van der Waals surface area (Å²) in [6.07, 6.45) is 2.66. The monoisotopic (exact) mass is 315 g/mol. The fraction of sp³-hybridized carbons (Fsp3) is 0.625. The minimum absolute atomic E-state index is 0.148. The van der Waals surface area contributed by atoms with E-state index in [0.29, 0.717) is 6.42 Å². The summed E-state index contributed by atoms with van der Waals surface area (Å²) >= 11 is 0. The highest BCUT2D eigenvalue weighted by Crippen LogP contribution is 2.29. The summed E-state index contributed by atoms with van der Waals surface area (Å²) in [7, 11) is -2.93. The highest BCUT2D eigenvalue weighted by Gasteiger charge is 2.30. The molecule has 0 aromatic heterocycles. The van der Waals surface area contributed by atoms with Gasteiger partial charge < -0.3 is 5.32 Å². The second-order valence-electron chi connectivity index (χ2n) is 6.11. The third-order valence-electron chi connectivity index (χ3n) is 3.92. The van der Waals surface area contributed by atoms with Gasteiger partial charge >= 0.3 is 0 Å². The third kappa shape index (κ3) is 5.75. The molecule has 3 nitrogen and oxygen atoms in total. The molecular formula is C16H26FNO2S. The molecule has 0 saturated carbocycles. The molecule has 0 bridgehead atoms. The molecule has 1 rings (SSSR count). The summed E-state index contributed by atoms with van der Waals surface area (Å²) in [6.45, 7) is 7.06. The molecule has 0 aliphatic rings. The standard InChI is InChI=1S/C16H26FNO2S/c1-5-18-15(7-6-12-21(4,19)20)16(2,3)13-8-10-14(17)11-9-13/h8-11,15,18H,5-7,12H2,1-4H3. The van der Waals surface area contributed by atoms with E-state index in [0.717, 1.165) is 18.5 Å². The number of hydrogen-bond donors (Lipinski definition) is 1. The molecule has 1 N–H and O–H groups in total. The predicted octanol–water partition coefficient (Wildman–Crippen LogP) is 2.91. The van der Waals surface area contributed by atoms with Crippen molar-refractivity contribution in [2.24, 2.45) is 0 Å². The number of likely N-dealkylation sites (N-methyl/N-ethyl adjacent to an activating group) is 1. The van der Waals surface area contributed by atoms with E-state index >= 15 is 0 Å². The average Bonchev–Trinajstić information content (AvgIpc) is 2.37. The van der Waals surface area contributed by atoms with Gasteiger partial charge in [0.1, 0.15) is 15.7 Å². The minimum atomic E-state index is -2.93. The van der Waals surface area contributed by atoms with Crippen molar-refractivity contribution in [1.82, 2.24) is 5.32 Å². The Morgan fingerprint density at radius 3 is 2.29 bits per heavy atom. The van der Waals surface area contributed by atoms with E-state index in [9.17, 15) is 12.8 Å². The quantitative estimate of drug-likeness (QED) is 0.802. The van der Waals surface area contributed by atoms with Crippen molar-refractivity contribution in [3.05, 3.63) is 35.6 Å². The molecular weight excluding hydrogens is 289 g/mol. The van der Waals surface area contributed by atoms with E-state index < -0.39 is 9.84 Å². The zero-order valence-corrected chi connectivity index (χ0v) is 14.1. The highest BCUT2D eigenvalue weighted by atomic mass is 32.2. The van der Waals surface area contributed by atoms with E-state index in [1.165, 1.54) is 18.4 Å². The van der Waals surface area contributed by atoms with Gasteiger partial charge in [0, 0.05) is 23.5 Å². The molecule has 1 aromatic rings. The van der Waals surface area contributed by atoms with Crippen LogP contribution in [0.5, 0.6) is 0 Å². The van der Waals surface area contributed by atoms with E-state index in [2.05, 4.69) is 19.2 Å². The second-order valence-corrected chi connectivity index (χ2v) is 8.37. The Kier molecular flexibility index (Phi) is 6.35. The lowest BCUT2D eigenvalue weighted by atomic mass is 9.76. The fourth-order valence-corrected chi connectivity index (χ4v) is 3.29. The van der Waals surface area contributed by atoms with Crippen LogP contribution in [0, 0.1) is 5.82 Å². The first kappa shape index (κ1) is 18.1. The van der Waals surface area contributed by atoms with E-state index in [1.54, 1.807) is 12.1 Å². The van der Waals surface area contributed by atoms with Crippen molar-refractivity contribution in [3.8, 4) is 0 Å². The molecule has 0 heterocycles. The number of halogens is 1. The second kappa shape index (κ2) is 7.36. The topological polar surface area (TPSA) is 46.2 Å². The van der Waals surface area contributed by atoms with Gasteiger partial charge in [0.2, 0.25) is 0 Å². The van der Waals surface area contributed by atoms with Crippen molar-refractivity contribution < 1.29 is 12.8 Å². The molecule has 1 unspecified atom stereocenters. The lowest BCUT2D eigenvalue weighted by Gasteiger charge is -2.36. The van der Waals surface area contributed by atoms with Crippen LogP contribution in [0.25, 0.3) is 0 Å². The summed E-state index contributed by atoms with van der Waals surface area (Å²) in [4.78, 5) is 0. The van der Waals surface area contributed by atoms with Gasteiger partial charge in [-0.25, -0.2) is 12.8 Å². The maximum absolute atomic E-state index is 13.1. The summed E-state index contributed by atoms with van der Waals surface area (Å²) in [5, 5.41) is 3.43. The van der Waals surface area contributed by atoms with Crippen LogP contribution in [0.15, 0.2) is 24.3 Å². The van der Waals surface area contributed by atoms with Crippen LogP contribution in [-0.4, -0.2) is 33.0 Å². The van der Waals surface area contributed by atoms with E-state index in [1.807, 2.05) is 6.92 Å². The third-order valence-corrected chi connectivity index (χ3v) is 4.95. The van der Waals surface area contributed by atoms with E-state index in [-0.39, 0.29) is 23.0 Å².